The highest BCUT2D eigenvalue weighted by molar-refractivity contribution is 5.65. The number of benzene rings is 3. The van der Waals surface area contributed by atoms with Crippen molar-refractivity contribution in [3.8, 4) is 16.9 Å². The van der Waals surface area contributed by atoms with Crippen molar-refractivity contribution in [2.24, 2.45) is 5.92 Å². The third-order valence-corrected chi connectivity index (χ3v) is 8.87. The molecule has 226 valence electrons. The summed E-state index contributed by atoms with van der Waals surface area (Å²) < 4.78 is 34.9. The predicted octanol–water partition coefficient (Wildman–Crippen LogP) is 11.8. The molecule has 0 aliphatic heterocycles. The molecule has 1 saturated carbocycles. The average Bonchev–Trinajstić information content (AvgIpc) is 3.02. The van der Waals surface area contributed by atoms with Crippen molar-refractivity contribution in [1.29, 1.82) is 0 Å². The van der Waals surface area contributed by atoms with E-state index in [2.05, 4.69) is 50.3 Å². The predicted molar refractivity (Wildman–Crippen MR) is 173 cm³/mol. The maximum absolute atomic E-state index is 14.8. The Morgan fingerprint density at radius 1 is 0.690 bits per heavy atom. The Kier molecular flexibility index (Phi) is 13.1. The van der Waals surface area contributed by atoms with Gasteiger partial charge in [0.2, 0.25) is 5.82 Å². The van der Waals surface area contributed by atoms with E-state index in [1.165, 1.54) is 68.1 Å². The smallest absolute Gasteiger partial charge is 0.201 e. The van der Waals surface area contributed by atoms with Crippen LogP contribution in [0.15, 0.2) is 72.8 Å². The molecular formula is C39H50F2O. The van der Waals surface area contributed by atoms with Crippen molar-refractivity contribution in [1.82, 2.24) is 0 Å². The molecule has 1 fully saturated rings. The molecule has 1 aliphatic carbocycles. The van der Waals surface area contributed by atoms with Crippen LogP contribution in [0.3, 0.4) is 0 Å². The van der Waals surface area contributed by atoms with E-state index in [9.17, 15) is 8.78 Å². The van der Waals surface area contributed by atoms with E-state index in [0.717, 1.165) is 38.5 Å². The van der Waals surface area contributed by atoms with Gasteiger partial charge in [0.05, 0.1) is 6.61 Å². The summed E-state index contributed by atoms with van der Waals surface area (Å²) in [6, 6.07) is 20.4. The Morgan fingerprint density at radius 3 is 2.07 bits per heavy atom. The maximum Gasteiger partial charge on any atom is 0.201 e. The summed E-state index contributed by atoms with van der Waals surface area (Å²) in [5.41, 5.74) is 5.16. The van der Waals surface area contributed by atoms with Gasteiger partial charge in [-0.15, -0.1) is 0 Å². The van der Waals surface area contributed by atoms with Crippen LogP contribution in [-0.4, -0.2) is 6.61 Å². The van der Waals surface area contributed by atoms with E-state index >= 15 is 0 Å². The monoisotopic (exact) mass is 572 g/mol. The van der Waals surface area contributed by atoms with Crippen LogP contribution in [0, 0.1) is 17.6 Å². The molecule has 0 aromatic heterocycles. The van der Waals surface area contributed by atoms with E-state index < -0.39 is 11.6 Å². The molecule has 1 nitrogen and oxygen atoms in total. The van der Waals surface area contributed by atoms with Gasteiger partial charge in [-0.05, 0) is 104 Å². The van der Waals surface area contributed by atoms with Gasteiger partial charge in [0.25, 0.3) is 0 Å². The first kappa shape index (κ1) is 32.0. The van der Waals surface area contributed by atoms with E-state index in [1.807, 2.05) is 24.3 Å². The number of hydrogen-bond acceptors (Lipinski definition) is 1. The molecule has 0 radical (unpaired) electrons. The average molecular weight is 573 g/mol. The molecule has 1 aliphatic rings. The molecule has 3 aromatic carbocycles. The number of rotatable bonds is 16. The highest BCUT2D eigenvalue weighted by Gasteiger charge is 2.21. The second-order valence-electron chi connectivity index (χ2n) is 12.1. The van der Waals surface area contributed by atoms with Crippen LogP contribution < -0.4 is 4.74 Å². The summed E-state index contributed by atoms with van der Waals surface area (Å²) in [5, 5.41) is 0. The molecule has 0 heterocycles. The summed E-state index contributed by atoms with van der Waals surface area (Å²) in [7, 11) is 0. The lowest BCUT2D eigenvalue weighted by Crippen LogP contribution is -2.11. The zero-order valence-electron chi connectivity index (χ0n) is 25.9. The molecule has 3 aromatic rings. The Balaban J connectivity index is 1.19. The number of hydrogen-bond donors (Lipinski definition) is 0. The van der Waals surface area contributed by atoms with Crippen LogP contribution in [-0.2, 0) is 12.8 Å². The van der Waals surface area contributed by atoms with Gasteiger partial charge in [0.15, 0.2) is 11.6 Å². The van der Waals surface area contributed by atoms with Crippen molar-refractivity contribution >= 4 is 0 Å². The molecular weight excluding hydrogens is 522 g/mol. The van der Waals surface area contributed by atoms with Crippen molar-refractivity contribution in [2.75, 3.05) is 6.61 Å². The summed E-state index contributed by atoms with van der Waals surface area (Å²) in [6.07, 6.45) is 21.0. The first-order chi connectivity index (χ1) is 20.6. The molecule has 42 heavy (non-hydrogen) atoms. The van der Waals surface area contributed by atoms with Gasteiger partial charge < -0.3 is 4.74 Å². The van der Waals surface area contributed by atoms with Crippen molar-refractivity contribution in [2.45, 2.75) is 110 Å². The van der Waals surface area contributed by atoms with Gasteiger partial charge in [0, 0.05) is 5.56 Å². The Morgan fingerprint density at radius 2 is 1.36 bits per heavy atom. The molecule has 0 N–H and O–H groups in total. The number of allylic oxidation sites excluding steroid dienone is 2. The second kappa shape index (κ2) is 17.2. The van der Waals surface area contributed by atoms with Gasteiger partial charge in [-0.2, -0.15) is 4.39 Å². The third kappa shape index (κ3) is 9.54. The number of unbranched alkanes of at least 4 members (excludes halogenated alkanes) is 5. The number of aryl methyl sites for hydroxylation is 2. The lowest BCUT2D eigenvalue weighted by atomic mass is 9.78. The van der Waals surface area contributed by atoms with Crippen LogP contribution >= 0.6 is 0 Å². The van der Waals surface area contributed by atoms with E-state index in [4.69, 9.17) is 4.74 Å². The number of halogens is 2. The Labute approximate surface area is 253 Å². The lowest BCUT2D eigenvalue weighted by Gasteiger charge is -2.27. The van der Waals surface area contributed by atoms with E-state index in [1.54, 1.807) is 12.1 Å². The molecule has 0 atom stereocenters. The van der Waals surface area contributed by atoms with Crippen LogP contribution in [0.1, 0.15) is 114 Å². The van der Waals surface area contributed by atoms with Gasteiger partial charge in [-0.1, -0.05) is 107 Å². The standard InChI is InChI=1S/C39H50F2O/c1-3-5-7-11-29-42-37-28-27-36(38(40)39(37)41)35-25-19-32(20-26-35)14-10-9-13-31-17-23-34(24-18-31)33-21-15-30(16-22-33)12-8-6-4-2/h9,13,15-16,19-22,25-28,31,34H,3-8,10-12,14,17-18,23-24,29H2,1-2H3. The van der Waals surface area contributed by atoms with Crippen LogP contribution in [0.25, 0.3) is 11.1 Å². The zero-order chi connectivity index (χ0) is 29.6. The Hall–Kier alpha value is -2.94. The summed E-state index contributed by atoms with van der Waals surface area (Å²) in [4.78, 5) is 0. The number of ether oxygens (including phenoxy) is 1. The van der Waals surface area contributed by atoms with Gasteiger partial charge in [0.1, 0.15) is 0 Å². The summed E-state index contributed by atoms with van der Waals surface area (Å²) >= 11 is 0. The zero-order valence-corrected chi connectivity index (χ0v) is 25.9. The molecule has 0 unspecified atom stereocenters. The van der Waals surface area contributed by atoms with E-state index in [-0.39, 0.29) is 11.3 Å². The first-order valence-corrected chi connectivity index (χ1v) is 16.5. The minimum absolute atomic E-state index is 0.00327. The SMILES string of the molecule is CCCCCCOc1ccc(-c2ccc(CCC=CC3CCC(c4ccc(CCCCC)cc4)CC3)cc2)c(F)c1F. The summed E-state index contributed by atoms with van der Waals surface area (Å²) in [6.45, 7) is 4.81. The van der Waals surface area contributed by atoms with Crippen LogP contribution in [0.2, 0.25) is 0 Å². The molecule has 4 rings (SSSR count). The van der Waals surface area contributed by atoms with Crippen LogP contribution in [0.5, 0.6) is 5.75 Å². The first-order valence-electron chi connectivity index (χ1n) is 16.5. The van der Waals surface area contributed by atoms with Gasteiger partial charge in [-0.25, -0.2) is 4.39 Å². The van der Waals surface area contributed by atoms with Crippen molar-refractivity contribution in [3.63, 3.8) is 0 Å². The normalized spacial score (nSPS) is 17.1. The lowest BCUT2D eigenvalue weighted by molar-refractivity contribution is 0.285. The molecule has 0 saturated heterocycles. The van der Waals surface area contributed by atoms with Crippen molar-refractivity contribution < 1.29 is 13.5 Å². The summed E-state index contributed by atoms with van der Waals surface area (Å²) in [5.74, 6) is -0.363. The highest BCUT2D eigenvalue weighted by Crippen LogP contribution is 2.36. The molecule has 0 spiro atoms. The highest BCUT2D eigenvalue weighted by atomic mass is 19.2. The molecule has 0 bridgehead atoms. The fourth-order valence-electron chi connectivity index (χ4n) is 6.15. The largest absolute Gasteiger partial charge is 0.490 e. The third-order valence-electron chi connectivity index (χ3n) is 8.87. The fraction of sp³-hybridized carbons (Fsp3) is 0.487. The maximum atomic E-state index is 14.8. The topological polar surface area (TPSA) is 9.23 Å². The second-order valence-corrected chi connectivity index (χ2v) is 12.1. The van der Waals surface area contributed by atoms with Crippen LogP contribution in [0.4, 0.5) is 8.78 Å². The van der Waals surface area contributed by atoms with E-state index in [0.29, 0.717) is 24.0 Å². The minimum atomic E-state index is -0.901. The Bertz CT molecular complexity index is 1220. The quantitative estimate of drug-likeness (QED) is 0.122. The van der Waals surface area contributed by atoms with Crippen molar-refractivity contribution in [3.05, 3.63) is 101 Å². The molecule has 0 amide bonds. The molecule has 3 heteroatoms. The van der Waals surface area contributed by atoms with Gasteiger partial charge in [-0.3, -0.25) is 0 Å². The van der Waals surface area contributed by atoms with Gasteiger partial charge >= 0.3 is 0 Å². The minimum Gasteiger partial charge on any atom is -0.490 e. The fourth-order valence-corrected chi connectivity index (χ4v) is 6.15.